The lowest BCUT2D eigenvalue weighted by Gasteiger charge is -2.42. The Labute approximate surface area is 174 Å². The molecule has 0 saturated heterocycles. The molecule has 2 fully saturated rings. The van der Waals surface area contributed by atoms with Gasteiger partial charge in [-0.25, -0.2) is 8.78 Å². The molecular formula is C27H34F2. The van der Waals surface area contributed by atoms with E-state index in [4.69, 9.17) is 0 Å². The molecule has 2 aromatic carbocycles. The summed E-state index contributed by atoms with van der Waals surface area (Å²) >= 11 is 0. The highest BCUT2D eigenvalue weighted by atomic mass is 19.1. The first-order valence-corrected chi connectivity index (χ1v) is 11.7. The van der Waals surface area contributed by atoms with E-state index in [1.54, 1.807) is 18.2 Å². The molecule has 2 aliphatic carbocycles. The first kappa shape index (κ1) is 20.6. The number of fused-ring (bicyclic) bond motifs is 1. The smallest absolute Gasteiger partial charge is 0.131 e. The zero-order valence-corrected chi connectivity index (χ0v) is 17.7. The van der Waals surface area contributed by atoms with Crippen LogP contribution in [0.5, 0.6) is 0 Å². The highest BCUT2D eigenvalue weighted by Crippen LogP contribution is 2.48. The number of halogens is 2. The van der Waals surface area contributed by atoms with Gasteiger partial charge in [0.25, 0.3) is 0 Å². The Balaban J connectivity index is 1.38. The van der Waals surface area contributed by atoms with E-state index >= 15 is 0 Å². The quantitative estimate of drug-likeness (QED) is 0.429. The molecule has 156 valence electrons. The second-order valence-corrected chi connectivity index (χ2v) is 9.45. The predicted octanol–water partition coefficient (Wildman–Crippen LogP) is 8.51. The molecule has 0 amide bonds. The van der Waals surface area contributed by atoms with Crippen LogP contribution in [0.1, 0.15) is 82.6 Å². The normalized spacial score (nSPS) is 26.9. The fourth-order valence-corrected chi connectivity index (χ4v) is 5.88. The summed E-state index contributed by atoms with van der Waals surface area (Å²) in [5.74, 6) is 2.70. The van der Waals surface area contributed by atoms with Gasteiger partial charge in [0, 0.05) is 5.56 Å². The molecule has 4 atom stereocenters. The third-order valence-corrected chi connectivity index (χ3v) is 7.56. The predicted molar refractivity (Wildman–Crippen MR) is 117 cm³/mol. The summed E-state index contributed by atoms with van der Waals surface area (Å²) < 4.78 is 28.0. The number of rotatable bonds is 6. The number of benzene rings is 2. The van der Waals surface area contributed by atoms with Crippen molar-refractivity contribution >= 4 is 0 Å². The molecule has 4 rings (SSSR count). The maximum Gasteiger partial charge on any atom is 0.131 e. The number of unbranched alkanes of at least 4 members (excludes halogenated alkanes) is 2. The second-order valence-electron chi connectivity index (χ2n) is 9.45. The van der Waals surface area contributed by atoms with Crippen LogP contribution in [0, 0.1) is 29.4 Å². The summed E-state index contributed by atoms with van der Waals surface area (Å²) in [6.07, 6.45) is 13.4. The van der Waals surface area contributed by atoms with Crippen molar-refractivity contribution in [3.8, 4) is 11.1 Å². The Morgan fingerprint density at radius 1 is 0.828 bits per heavy atom. The minimum absolute atomic E-state index is 0.184. The van der Waals surface area contributed by atoms with E-state index in [0.29, 0.717) is 11.5 Å². The summed E-state index contributed by atoms with van der Waals surface area (Å²) in [4.78, 5) is 0. The lowest BCUT2D eigenvalue weighted by Crippen LogP contribution is -2.30. The largest absolute Gasteiger partial charge is 0.207 e. The van der Waals surface area contributed by atoms with Gasteiger partial charge in [0.1, 0.15) is 11.6 Å². The van der Waals surface area contributed by atoms with Crippen molar-refractivity contribution < 1.29 is 8.78 Å². The van der Waals surface area contributed by atoms with E-state index in [1.807, 2.05) is 6.07 Å². The molecule has 0 bridgehead atoms. The van der Waals surface area contributed by atoms with Gasteiger partial charge in [0.05, 0.1) is 0 Å². The molecule has 2 aliphatic rings. The Bertz CT molecular complexity index is 795. The van der Waals surface area contributed by atoms with Crippen LogP contribution in [0.15, 0.2) is 42.5 Å². The van der Waals surface area contributed by atoms with E-state index in [-0.39, 0.29) is 11.6 Å². The third kappa shape index (κ3) is 4.90. The van der Waals surface area contributed by atoms with Gasteiger partial charge >= 0.3 is 0 Å². The lowest BCUT2D eigenvalue weighted by molar-refractivity contribution is 0.113. The summed E-state index contributed by atoms with van der Waals surface area (Å²) in [7, 11) is 0. The van der Waals surface area contributed by atoms with Crippen molar-refractivity contribution in [2.24, 2.45) is 17.8 Å². The zero-order chi connectivity index (χ0) is 20.2. The number of hydrogen-bond acceptors (Lipinski definition) is 0. The first-order chi connectivity index (χ1) is 14.1. The molecule has 2 aromatic rings. The monoisotopic (exact) mass is 396 g/mol. The molecule has 1 unspecified atom stereocenters. The zero-order valence-electron chi connectivity index (χ0n) is 17.7. The summed E-state index contributed by atoms with van der Waals surface area (Å²) in [6.45, 7) is 2.28. The molecule has 0 nitrogen and oxygen atoms in total. The molecule has 0 heterocycles. The maximum absolute atomic E-state index is 14.8. The Kier molecular flexibility index (Phi) is 6.67. The highest BCUT2D eigenvalue weighted by molar-refractivity contribution is 5.64. The Morgan fingerprint density at radius 3 is 2.34 bits per heavy atom. The van der Waals surface area contributed by atoms with Gasteiger partial charge < -0.3 is 0 Å². The highest BCUT2D eigenvalue weighted by Gasteiger charge is 2.35. The fourth-order valence-electron chi connectivity index (χ4n) is 5.88. The van der Waals surface area contributed by atoms with Gasteiger partial charge in [-0.15, -0.1) is 0 Å². The van der Waals surface area contributed by atoms with Crippen LogP contribution in [0.3, 0.4) is 0 Å². The molecule has 2 heteroatoms. The summed E-state index contributed by atoms with van der Waals surface area (Å²) in [6, 6.07) is 11.8. The summed E-state index contributed by atoms with van der Waals surface area (Å²) in [5.41, 5.74) is 2.45. The molecule has 0 radical (unpaired) electrons. The summed E-state index contributed by atoms with van der Waals surface area (Å²) in [5, 5.41) is 0. The second kappa shape index (κ2) is 9.41. The van der Waals surface area contributed by atoms with Crippen LogP contribution >= 0.6 is 0 Å². The van der Waals surface area contributed by atoms with Crippen molar-refractivity contribution in [1.82, 2.24) is 0 Å². The van der Waals surface area contributed by atoms with Crippen LogP contribution in [-0.4, -0.2) is 0 Å². The average molecular weight is 397 g/mol. The van der Waals surface area contributed by atoms with E-state index in [1.165, 1.54) is 76.3 Å². The van der Waals surface area contributed by atoms with E-state index in [2.05, 4.69) is 13.0 Å². The number of hydrogen-bond donors (Lipinski definition) is 0. The van der Waals surface area contributed by atoms with Gasteiger partial charge in [-0.05, 0) is 85.1 Å². The van der Waals surface area contributed by atoms with Crippen LogP contribution in [0.2, 0.25) is 0 Å². The van der Waals surface area contributed by atoms with Crippen molar-refractivity contribution in [3.63, 3.8) is 0 Å². The van der Waals surface area contributed by atoms with Gasteiger partial charge in [-0.1, -0.05) is 63.3 Å². The first-order valence-electron chi connectivity index (χ1n) is 11.7. The lowest BCUT2D eigenvalue weighted by atomic mass is 9.63. The van der Waals surface area contributed by atoms with Crippen molar-refractivity contribution in [2.75, 3.05) is 0 Å². The molecule has 2 saturated carbocycles. The van der Waals surface area contributed by atoms with Crippen molar-refractivity contribution in [3.05, 3.63) is 59.7 Å². The standard InChI is InChI=1S/C27H34F2/c1-2-3-4-5-19-6-7-22-17-23(9-8-21(22)16-19)24-12-15-26(27(29)18-24)20-10-13-25(28)14-11-20/h10-15,18-19,21-23H,2-9,16-17H2,1H3/t19?,21-,22-,23-/m1/s1. The van der Waals surface area contributed by atoms with E-state index in [0.717, 1.165) is 28.9 Å². The SMILES string of the molecule is CCCCCC1CC[C@@H]2C[C@H](c3ccc(-c4ccc(F)cc4)c(F)c3)CC[C@@H]2C1. The molecular weight excluding hydrogens is 362 g/mol. The van der Waals surface area contributed by atoms with Gasteiger partial charge in [0.2, 0.25) is 0 Å². The van der Waals surface area contributed by atoms with Crippen LogP contribution in [-0.2, 0) is 0 Å². The van der Waals surface area contributed by atoms with Crippen LogP contribution < -0.4 is 0 Å². The molecule has 0 spiro atoms. The molecule has 0 aromatic heterocycles. The minimum atomic E-state index is -0.289. The van der Waals surface area contributed by atoms with E-state index in [9.17, 15) is 8.78 Å². The Hall–Kier alpha value is -1.70. The molecule has 29 heavy (non-hydrogen) atoms. The van der Waals surface area contributed by atoms with Gasteiger partial charge in [-0.3, -0.25) is 0 Å². The average Bonchev–Trinajstić information content (AvgIpc) is 2.74. The molecule has 0 aliphatic heterocycles. The maximum atomic E-state index is 14.8. The topological polar surface area (TPSA) is 0 Å². The van der Waals surface area contributed by atoms with Crippen LogP contribution in [0.4, 0.5) is 8.78 Å². The van der Waals surface area contributed by atoms with Crippen molar-refractivity contribution in [2.45, 2.75) is 77.0 Å². The van der Waals surface area contributed by atoms with E-state index < -0.39 is 0 Å². The fraction of sp³-hybridized carbons (Fsp3) is 0.556. The third-order valence-electron chi connectivity index (χ3n) is 7.56. The Morgan fingerprint density at radius 2 is 1.59 bits per heavy atom. The van der Waals surface area contributed by atoms with Crippen LogP contribution in [0.25, 0.3) is 11.1 Å². The van der Waals surface area contributed by atoms with Gasteiger partial charge in [0.15, 0.2) is 0 Å². The van der Waals surface area contributed by atoms with Gasteiger partial charge in [-0.2, -0.15) is 0 Å². The van der Waals surface area contributed by atoms with Crippen molar-refractivity contribution in [1.29, 1.82) is 0 Å². The minimum Gasteiger partial charge on any atom is -0.207 e. The molecule has 0 N–H and O–H groups in total.